The maximum Gasteiger partial charge on any atom is 0.394 e. The van der Waals surface area contributed by atoms with Crippen LogP contribution in [0.15, 0.2) is 6.33 Å². The van der Waals surface area contributed by atoms with Crippen molar-refractivity contribution in [1.29, 1.82) is 0 Å². The summed E-state index contributed by atoms with van der Waals surface area (Å²) in [4.78, 5) is 24.4. The lowest BCUT2D eigenvalue weighted by Gasteiger charge is -1.96. The van der Waals surface area contributed by atoms with Gasteiger partial charge in [-0.05, 0) is 0 Å². The largest absolute Gasteiger partial charge is 0.474 e. The molecule has 1 aromatic rings. The number of hydrogen-bond donors (Lipinski definition) is 2. The van der Waals surface area contributed by atoms with Gasteiger partial charge < -0.3 is 10.4 Å². The number of nitrogens with zero attached hydrogens (tertiary/aromatic N) is 3. The van der Waals surface area contributed by atoms with E-state index < -0.39 is 11.9 Å². The Labute approximate surface area is 73.4 Å². The topological polar surface area (TPSA) is 97.1 Å². The molecule has 0 aliphatic rings. The molecule has 1 amide bonds. The number of carboxylic acids is 1. The normalized spacial score (nSPS) is 9.62. The zero-order valence-corrected chi connectivity index (χ0v) is 6.89. The third kappa shape index (κ3) is 2.55. The second-order valence-electron chi connectivity index (χ2n) is 2.32. The van der Waals surface area contributed by atoms with Gasteiger partial charge in [-0.3, -0.25) is 9.48 Å². The van der Waals surface area contributed by atoms with Gasteiger partial charge in [-0.15, -0.1) is 0 Å². The van der Waals surface area contributed by atoms with E-state index in [1.54, 1.807) is 7.05 Å². The molecule has 0 spiro atoms. The van der Waals surface area contributed by atoms with Crippen LogP contribution >= 0.6 is 0 Å². The molecule has 1 aromatic heterocycles. The molecule has 7 heteroatoms. The van der Waals surface area contributed by atoms with Crippen LogP contribution in [0, 0.1) is 0 Å². The number of hydrogen-bond acceptors (Lipinski definition) is 4. The summed E-state index contributed by atoms with van der Waals surface area (Å²) < 4.78 is 1.46. The molecule has 2 N–H and O–H groups in total. The van der Waals surface area contributed by atoms with Gasteiger partial charge in [-0.1, -0.05) is 0 Å². The molecule has 0 saturated heterocycles. The molecule has 0 radical (unpaired) electrons. The molecular weight excluding hydrogens is 176 g/mol. The van der Waals surface area contributed by atoms with Crippen molar-refractivity contribution in [3.63, 3.8) is 0 Å². The molecule has 70 valence electrons. The maximum atomic E-state index is 10.5. The number of aliphatic carboxylic acids is 1. The summed E-state index contributed by atoms with van der Waals surface area (Å²) in [6.07, 6.45) is 1.46. The van der Waals surface area contributed by atoms with E-state index in [1.807, 2.05) is 0 Å². The predicted octanol–water partition coefficient (Wildman–Crippen LogP) is -1.48. The lowest BCUT2D eigenvalue weighted by Crippen LogP contribution is -2.30. The number of carboxylic acid groups (broad SMARTS) is 1. The van der Waals surface area contributed by atoms with E-state index in [0.717, 1.165) is 0 Å². The number of rotatable bonds is 2. The van der Waals surface area contributed by atoms with Gasteiger partial charge in [0.05, 0.1) is 6.54 Å². The van der Waals surface area contributed by atoms with Crippen molar-refractivity contribution >= 4 is 11.9 Å². The first kappa shape index (κ1) is 9.17. The second-order valence-corrected chi connectivity index (χ2v) is 2.32. The first-order valence-electron chi connectivity index (χ1n) is 3.45. The summed E-state index contributed by atoms with van der Waals surface area (Å²) in [5.74, 6) is -2.21. The highest BCUT2D eigenvalue weighted by Crippen LogP contribution is 1.86. The quantitative estimate of drug-likeness (QED) is 0.546. The Morgan fingerprint density at radius 3 is 2.85 bits per heavy atom. The van der Waals surface area contributed by atoms with E-state index in [4.69, 9.17) is 5.11 Å². The van der Waals surface area contributed by atoms with Crippen molar-refractivity contribution in [2.75, 3.05) is 0 Å². The van der Waals surface area contributed by atoms with Crippen molar-refractivity contribution < 1.29 is 14.7 Å². The highest BCUT2D eigenvalue weighted by molar-refractivity contribution is 6.31. The van der Waals surface area contributed by atoms with Crippen molar-refractivity contribution in [3.8, 4) is 0 Å². The lowest BCUT2D eigenvalue weighted by molar-refractivity contribution is -0.150. The van der Waals surface area contributed by atoms with Crippen molar-refractivity contribution in [3.05, 3.63) is 12.2 Å². The Balaban J connectivity index is 2.44. The third-order valence-corrected chi connectivity index (χ3v) is 1.25. The van der Waals surface area contributed by atoms with Gasteiger partial charge in [-0.2, -0.15) is 5.10 Å². The van der Waals surface area contributed by atoms with Crippen LogP contribution in [0.5, 0.6) is 0 Å². The summed E-state index contributed by atoms with van der Waals surface area (Å²) in [7, 11) is 1.68. The molecule has 0 atom stereocenters. The molecule has 0 bridgehead atoms. The highest BCUT2D eigenvalue weighted by Gasteiger charge is 2.10. The fraction of sp³-hybridized carbons (Fsp3) is 0.333. The minimum absolute atomic E-state index is 0.0198. The highest BCUT2D eigenvalue weighted by atomic mass is 16.4. The molecule has 0 fully saturated rings. The van der Waals surface area contributed by atoms with Crippen LogP contribution in [-0.4, -0.2) is 31.7 Å². The van der Waals surface area contributed by atoms with Gasteiger partial charge in [0.2, 0.25) is 0 Å². The van der Waals surface area contributed by atoms with Gasteiger partial charge in [0.25, 0.3) is 0 Å². The van der Waals surface area contributed by atoms with Crippen molar-refractivity contribution in [1.82, 2.24) is 20.1 Å². The summed E-state index contributed by atoms with van der Waals surface area (Å²) in [5.41, 5.74) is 0. The van der Waals surface area contributed by atoms with Crippen LogP contribution in [0.4, 0.5) is 0 Å². The van der Waals surface area contributed by atoms with Crippen LogP contribution < -0.4 is 5.32 Å². The third-order valence-electron chi connectivity index (χ3n) is 1.25. The van der Waals surface area contributed by atoms with Crippen LogP contribution in [0.3, 0.4) is 0 Å². The van der Waals surface area contributed by atoms with Crippen molar-refractivity contribution in [2.45, 2.75) is 6.54 Å². The number of aryl methyl sites for hydroxylation is 1. The molecule has 0 aliphatic carbocycles. The van der Waals surface area contributed by atoms with Gasteiger partial charge >= 0.3 is 11.9 Å². The molecule has 1 heterocycles. The van der Waals surface area contributed by atoms with Gasteiger partial charge in [0, 0.05) is 7.05 Å². The summed E-state index contributed by atoms with van der Waals surface area (Å²) >= 11 is 0. The van der Waals surface area contributed by atoms with Crippen LogP contribution in [-0.2, 0) is 23.2 Å². The summed E-state index contributed by atoms with van der Waals surface area (Å²) in [6, 6.07) is 0. The first-order chi connectivity index (χ1) is 6.09. The molecule has 7 nitrogen and oxygen atoms in total. The molecule has 1 rings (SSSR count). The monoisotopic (exact) mass is 184 g/mol. The molecule has 0 aliphatic heterocycles. The average molecular weight is 184 g/mol. The average Bonchev–Trinajstić information content (AvgIpc) is 2.47. The Hall–Kier alpha value is -1.92. The maximum absolute atomic E-state index is 10.5. The molecule has 0 saturated carbocycles. The van der Waals surface area contributed by atoms with E-state index in [1.165, 1.54) is 11.0 Å². The predicted molar refractivity (Wildman–Crippen MR) is 40.5 cm³/mol. The molecule has 0 aromatic carbocycles. The Morgan fingerprint density at radius 2 is 2.38 bits per heavy atom. The van der Waals surface area contributed by atoms with E-state index in [-0.39, 0.29) is 6.54 Å². The Morgan fingerprint density at radius 1 is 1.69 bits per heavy atom. The lowest BCUT2D eigenvalue weighted by atomic mass is 10.5. The molecule has 13 heavy (non-hydrogen) atoms. The second kappa shape index (κ2) is 3.65. The van der Waals surface area contributed by atoms with Crippen LogP contribution in [0.1, 0.15) is 5.82 Å². The van der Waals surface area contributed by atoms with Crippen LogP contribution in [0.25, 0.3) is 0 Å². The Kier molecular flexibility index (Phi) is 2.58. The van der Waals surface area contributed by atoms with Gasteiger partial charge in [0.15, 0.2) is 5.82 Å². The van der Waals surface area contributed by atoms with E-state index >= 15 is 0 Å². The van der Waals surface area contributed by atoms with E-state index in [9.17, 15) is 9.59 Å². The number of aromatic nitrogens is 3. The Bertz CT molecular complexity index is 332. The smallest absolute Gasteiger partial charge is 0.394 e. The van der Waals surface area contributed by atoms with Gasteiger partial charge in [-0.25, -0.2) is 9.78 Å². The number of amides is 1. The zero-order valence-electron chi connectivity index (χ0n) is 6.89. The van der Waals surface area contributed by atoms with Gasteiger partial charge in [0.1, 0.15) is 6.33 Å². The summed E-state index contributed by atoms with van der Waals surface area (Å²) in [6.45, 7) is 0.0198. The van der Waals surface area contributed by atoms with Crippen LogP contribution in [0.2, 0.25) is 0 Å². The van der Waals surface area contributed by atoms with E-state index in [2.05, 4.69) is 15.4 Å². The number of carbonyl (C=O) groups excluding carboxylic acids is 1. The SMILES string of the molecule is Cn1cnc(CNC(=O)C(=O)O)n1. The number of nitrogens with one attached hydrogen (secondary N) is 1. The minimum atomic E-state index is -1.52. The summed E-state index contributed by atoms with van der Waals surface area (Å²) in [5, 5.41) is 14.2. The standard InChI is InChI=1S/C6H8N4O3/c1-10-3-8-4(9-10)2-7-5(11)6(12)13/h3H,2H2,1H3,(H,7,11)(H,12,13). The fourth-order valence-corrected chi connectivity index (χ4v) is 0.700. The fourth-order valence-electron chi connectivity index (χ4n) is 0.700. The first-order valence-corrected chi connectivity index (χ1v) is 3.45. The molecule has 0 unspecified atom stereocenters. The minimum Gasteiger partial charge on any atom is -0.474 e. The number of carbonyl (C=O) groups is 2. The van der Waals surface area contributed by atoms with Crippen molar-refractivity contribution in [2.24, 2.45) is 7.05 Å². The van der Waals surface area contributed by atoms with E-state index in [0.29, 0.717) is 5.82 Å². The zero-order chi connectivity index (χ0) is 9.84. The molecular formula is C6H8N4O3.